The first-order valence-corrected chi connectivity index (χ1v) is 6.36. The van der Waals surface area contributed by atoms with Crippen molar-refractivity contribution < 1.29 is 0 Å². The van der Waals surface area contributed by atoms with E-state index in [9.17, 15) is 0 Å². The maximum Gasteiger partial charge on any atom is 0.0819 e. The van der Waals surface area contributed by atoms with Crippen LogP contribution in [0.1, 0.15) is 5.56 Å². The fourth-order valence-electron chi connectivity index (χ4n) is 2.55. The van der Waals surface area contributed by atoms with Gasteiger partial charge in [0, 0.05) is 22.4 Å². The molecule has 4 aromatic rings. The standard InChI is InChI=1S/C17H12N2/c1-11-6-7-15-12(8-11)9-13-10-18-16-5-3-2-4-14(16)17(13)19-15/h2-10H,1H3. The molecule has 2 heteroatoms. The Labute approximate surface area is 110 Å². The molecule has 0 spiro atoms. The molecule has 0 amide bonds. The van der Waals surface area contributed by atoms with Gasteiger partial charge in [-0.15, -0.1) is 0 Å². The Balaban J connectivity index is 2.22. The zero-order valence-corrected chi connectivity index (χ0v) is 10.6. The molecule has 0 unspecified atom stereocenters. The van der Waals surface area contributed by atoms with Crippen molar-refractivity contribution in [2.24, 2.45) is 0 Å². The molecule has 0 atom stereocenters. The SMILES string of the molecule is Cc1ccc2nc3c(cnc4ccccc43)cc2c1. The fraction of sp³-hybridized carbons (Fsp3) is 0.0588. The summed E-state index contributed by atoms with van der Waals surface area (Å²) in [6, 6.07) is 16.7. The Bertz CT molecular complexity index is 926. The number of fused-ring (bicyclic) bond motifs is 4. The highest BCUT2D eigenvalue weighted by Gasteiger charge is 2.04. The summed E-state index contributed by atoms with van der Waals surface area (Å²) in [5, 5.41) is 3.38. The van der Waals surface area contributed by atoms with Crippen LogP contribution >= 0.6 is 0 Å². The highest BCUT2D eigenvalue weighted by atomic mass is 14.7. The molecular formula is C17H12N2. The van der Waals surface area contributed by atoms with Crippen molar-refractivity contribution in [3.63, 3.8) is 0 Å². The quantitative estimate of drug-likeness (QED) is 0.341. The number of para-hydroxylation sites is 1. The van der Waals surface area contributed by atoms with Gasteiger partial charge in [0.25, 0.3) is 0 Å². The molecule has 0 fully saturated rings. The summed E-state index contributed by atoms with van der Waals surface area (Å²) in [7, 11) is 0. The molecule has 0 bridgehead atoms. The minimum absolute atomic E-state index is 0.994. The second kappa shape index (κ2) is 3.75. The lowest BCUT2D eigenvalue weighted by atomic mass is 10.1. The van der Waals surface area contributed by atoms with E-state index in [-0.39, 0.29) is 0 Å². The molecule has 2 heterocycles. The number of aryl methyl sites for hydroxylation is 1. The summed E-state index contributed by atoms with van der Waals surface area (Å²) in [4.78, 5) is 9.31. The normalized spacial score (nSPS) is 11.4. The molecule has 4 rings (SSSR count). The van der Waals surface area contributed by atoms with Crippen molar-refractivity contribution in [3.8, 4) is 0 Å². The third-order valence-electron chi connectivity index (χ3n) is 3.50. The van der Waals surface area contributed by atoms with Gasteiger partial charge in [-0.3, -0.25) is 4.98 Å². The van der Waals surface area contributed by atoms with Crippen LogP contribution in [-0.4, -0.2) is 9.97 Å². The van der Waals surface area contributed by atoms with Crippen LogP contribution in [0.15, 0.2) is 54.7 Å². The van der Waals surface area contributed by atoms with E-state index in [4.69, 9.17) is 4.98 Å². The molecule has 0 aliphatic carbocycles. The average molecular weight is 244 g/mol. The minimum atomic E-state index is 0.994. The molecule has 0 aliphatic rings. The number of aromatic nitrogens is 2. The average Bonchev–Trinajstić information content (AvgIpc) is 2.45. The second-order valence-corrected chi connectivity index (χ2v) is 4.90. The number of hydrogen-bond acceptors (Lipinski definition) is 2. The third-order valence-corrected chi connectivity index (χ3v) is 3.50. The van der Waals surface area contributed by atoms with Crippen LogP contribution in [0.3, 0.4) is 0 Å². The number of pyridine rings is 2. The summed E-state index contributed by atoms with van der Waals surface area (Å²) >= 11 is 0. The summed E-state index contributed by atoms with van der Waals surface area (Å²) < 4.78 is 0. The maximum absolute atomic E-state index is 4.81. The Morgan fingerprint density at radius 2 is 1.74 bits per heavy atom. The van der Waals surface area contributed by atoms with Crippen LogP contribution in [0.25, 0.3) is 32.7 Å². The molecule has 90 valence electrons. The van der Waals surface area contributed by atoms with E-state index in [1.54, 1.807) is 0 Å². The summed E-state index contributed by atoms with van der Waals surface area (Å²) in [6.07, 6.45) is 1.91. The first-order chi connectivity index (χ1) is 9.31. The zero-order chi connectivity index (χ0) is 12.8. The molecule has 19 heavy (non-hydrogen) atoms. The topological polar surface area (TPSA) is 25.8 Å². The van der Waals surface area contributed by atoms with Gasteiger partial charge in [0.1, 0.15) is 0 Å². The smallest absolute Gasteiger partial charge is 0.0819 e. The van der Waals surface area contributed by atoms with E-state index in [1.165, 1.54) is 10.9 Å². The second-order valence-electron chi connectivity index (χ2n) is 4.90. The predicted molar refractivity (Wildman–Crippen MR) is 79.3 cm³/mol. The van der Waals surface area contributed by atoms with Gasteiger partial charge in [-0.1, -0.05) is 29.8 Å². The molecule has 2 aromatic carbocycles. The van der Waals surface area contributed by atoms with Crippen molar-refractivity contribution in [2.45, 2.75) is 6.92 Å². The van der Waals surface area contributed by atoms with Crippen molar-refractivity contribution >= 4 is 32.7 Å². The van der Waals surface area contributed by atoms with Gasteiger partial charge in [-0.05, 0) is 31.2 Å². The van der Waals surface area contributed by atoms with Gasteiger partial charge in [-0.25, -0.2) is 4.98 Å². The largest absolute Gasteiger partial charge is 0.255 e. The van der Waals surface area contributed by atoms with Crippen molar-refractivity contribution in [1.82, 2.24) is 9.97 Å². The first-order valence-electron chi connectivity index (χ1n) is 6.36. The fourth-order valence-corrected chi connectivity index (χ4v) is 2.55. The molecule has 0 aliphatic heterocycles. The lowest BCUT2D eigenvalue weighted by Crippen LogP contribution is -1.87. The van der Waals surface area contributed by atoms with Gasteiger partial charge in [0.2, 0.25) is 0 Å². The number of rotatable bonds is 0. The van der Waals surface area contributed by atoms with E-state index in [2.05, 4.69) is 42.2 Å². The van der Waals surface area contributed by atoms with Gasteiger partial charge < -0.3 is 0 Å². The predicted octanol–water partition coefficient (Wildman–Crippen LogP) is 4.24. The van der Waals surface area contributed by atoms with E-state index in [0.717, 1.165) is 27.3 Å². The van der Waals surface area contributed by atoms with Crippen molar-refractivity contribution in [3.05, 3.63) is 60.3 Å². The molecule has 0 saturated carbocycles. The van der Waals surface area contributed by atoms with E-state index < -0.39 is 0 Å². The van der Waals surface area contributed by atoms with Crippen LogP contribution < -0.4 is 0 Å². The van der Waals surface area contributed by atoms with Crippen LogP contribution in [-0.2, 0) is 0 Å². The lowest BCUT2D eigenvalue weighted by Gasteiger charge is -2.05. The van der Waals surface area contributed by atoms with Crippen molar-refractivity contribution in [1.29, 1.82) is 0 Å². The Hall–Kier alpha value is -2.48. The van der Waals surface area contributed by atoms with Gasteiger partial charge in [0.15, 0.2) is 0 Å². The third kappa shape index (κ3) is 1.57. The number of hydrogen-bond donors (Lipinski definition) is 0. The summed E-state index contributed by atoms with van der Waals surface area (Å²) in [5.41, 5.74) is 4.31. The number of nitrogens with zero attached hydrogens (tertiary/aromatic N) is 2. The van der Waals surface area contributed by atoms with E-state index >= 15 is 0 Å². The number of benzene rings is 2. The Kier molecular flexibility index (Phi) is 2.06. The van der Waals surface area contributed by atoms with Crippen LogP contribution in [0.2, 0.25) is 0 Å². The summed E-state index contributed by atoms with van der Waals surface area (Å²) in [5.74, 6) is 0. The van der Waals surface area contributed by atoms with Crippen LogP contribution in [0, 0.1) is 6.92 Å². The molecule has 0 N–H and O–H groups in total. The summed E-state index contributed by atoms with van der Waals surface area (Å²) in [6.45, 7) is 2.10. The molecule has 2 nitrogen and oxygen atoms in total. The highest BCUT2D eigenvalue weighted by molar-refractivity contribution is 6.06. The lowest BCUT2D eigenvalue weighted by molar-refractivity contribution is 1.41. The minimum Gasteiger partial charge on any atom is -0.255 e. The molecule has 0 saturated heterocycles. The maximum atomic E-state index is 4.81. The van der Waals surface area contributed by atoms with Gasteiger partial charge >= 0.3 is 0 Å². The van der Waals surface area contributed by atoms with Gasteiger partial charge in [-0.2, -0.15) is 0 Å². The highest BCUT2D eigenvalue weighted by Crippen LogP contribution is 2.25. The van der Waals surface area contributed by atoms with Crippen LogP contribution in [0.4, 0.5) is 0 Å². The monoisotopic (exact) mass is 244 g/mol. The van der Waals surface area contributed by atoms with Crippen LogP contribution in [0.5, 0.6) is 0 Å². The Morgan fingerprint density at radius 3 is 2.68 bits per heavy atom. The molecule has 2 aromatic heterocycles. The first kappa shape index (κ1) is 10.4. The van der Waals surface area contributed by atoms with E-state index in [0.29, 0.717) is 0 Å². The Morgan fingerprint density at radius 1 is 0.842 bits per heavy atom. The van der Waals surface area contributed by atoms with E-state index in [1.807, 2.05) is 24.4 Å². The zero-order valence-electron chi connectivity index (χ0n) is 10.6. The van der Waals surface area contributed by atoms with Gasteiger partial charge in [0.05, 0.1) is 16.6 Å². The molecule has 0 radical (unpaired) electrons. The van der Waals surface area contributed by atoms with Crippen molar-refractivity contribution in [2.75, 3.05) is 0 Å². The molecular weight excluding hydrogens is 232 g/mol.